The molecule has 1 heterocycles. The second-order valence-electron chi connectivity index (χ2n) is 5.34. The summed E-state index contributed by atoms with van der Waals surface area (Å²) in [6.45, 7) is 7.67. The number of nitrogens with one attached hydrogen (secondary N) is 1. The minimum Gasteiger partial charge on any atom is -0.464 e. The molecule has 0 aliphatic carbocycles. The van der Waals surface area contributed by atoms with Crippen molar-refractivity contribution in [2.45, 2.75) is 33.4 Å². The summed E-state index contributed by atoms with van der Waals surface area (Å²) in [6, 6.07) is 7.67. The number of hydrogen-bond donors (Lipinski definition) is 1. The van der Waals surface area contributed by atoms with Gasteiger partial charge < -0.3 is 4.74 Å². The van der Waals surface area contributed by atoms with E-state index < -0.39 is 10.0 Å². The zero-order chi connectivity index (χ0) is 17.0. The Morgan fingerprint density at radius 3 is 2.35 bits per heavy atom. The van der Waals surface area contributed by atoms with Gasteiger partial charge in [0.25, 0.3) is 0 Å². The Labute approximate surface area is 137 Å². The normalized spacial score (nSPS) is 11.3. The average Bonchev–Trinajstić information content (AvgIpc) is 2.43. The third-order valence-electron chi connectivity index (χ3n) is 3.22. The van der Waals surface area contributed by atoms with E-state index in [4.69, 9.17) is 4.74 Å². The number of anilines is 1. The Morgan fingerprint density at radius 2 is 1.78 bits per heavy atom. The molecule has 0 aliphatic heterocycles. The Morgan fingerprint density at radius 1 is 1.13 bits per heavy atom. The van der Waals surface area contributed by atoms with Crippen LogP contribution in [0.25, 0.3) is 0 Å². The van der Waals surface area contributed by atoms with Gasteiger partial charge in [0.05, 0.1) is 29.4 Å². The molecule has 6 nitrogen and oxygen atoms in total. The van der Waals surface area contributed by atoms with Crippen molar-refractivity contribution in [2.24, 2.45) is 0 Å². The van der Waals surface area contributed by atoms with Crippen LogP contribution in [0.3, 0.4) is 0 Å². The molecule has 2 rings (SSSR count). The van der Waals surface area contributed by atoms with Crippen LogP contribution in [0.1, 0.15) is 29.4 Å². The SMILES string of the molecule is CCOc1nc(C)c(NS(=O)(=O)Cc2cccc(C)c2)c(C)n1. The van der Waals surface area contributed by atoms with E-state index in [1.54, 1.807) is 19.9 Å². The van der Waals surface area contributed by atoms with Crippen molar-refractivity contribution >= 4 is 15.7 Å². The molecular formula is C16H21N3O3S. The van der Waals surface area contributed by atoms with Gasteiger partial charge in [-0.1, -0.05) is 29.8 Å². The number of rotatable bonds is 6. The van der Waals surface area contributed by atoms with E-state index in [0.717, 1.165) is 11.1 Å². The van der Waals surface area contributed by atoms with Crippen molar-refractivity contribution in [2.75, 3.05) is 11.3 Å². The van der Waals surface area contributed by atoms with Crippen LogP contribution in [0, 0.1) is 20.8 Å². The molecule has 1 N–H and O–H groups in total. The monoisotopic (exact) mass is 335 g/mol. The summed E-state index contributed by atoms with van der Waals surface area (Å²) < 4.78 is 32.6. The standard InChI is InChI=1S/C16H21N3O3S/c1-5-22-16-17-12(3)15(13(4)18-16)19-23(20,21)10-14-8-6-7-11(2)9-14/h6-9,19H,5,10H2,1-4H3. The summed E-state index contributed by atoms with van der Waals surface area (Å²) in [5.41, 5.74) is 3.23. The second kappa shape index (κ2) is 6.95. The minimum absolute atomic E-state index is 0.0965. The van der Waals surface area contributed by atoms with E-state index >= 15 is 0 Å². The first-order valence-corrected chi connectivity index (χ1v) is 9.00. The van der Waals surface area contributed by atoms with Crippen LogP contribution < -0.4 is 9.46 Å². The van der Waals surface area contributed by atoms with Gasteiger partial charge in [0, 0.05) is 0 Å². The highest BCUT2D eigenvalue weighted by molar-refractivity contribution is 7.91. The van der Waals surface area contributed by atoms with Crippen LogP contribution in [0.5, 0.6) is 6.01 Å². The maximum absolute atomic E-state index is 12.4. The van der Waals surface area contributed by atoms with Crippen LogP contribution in [0.2, 0.25) is 0 Å². The molecule has 2 aromatic rings. The lowest BCUT2D eigenvalue weighted by atomic mass is 10.2. The first-order valence-electron chi connectivity index (χ1n) is 7.35. The third kappa shape index (κ3) is 4.66. The number of aryl methyl sites for hydroxylation is 3. The lowest BCUT2D eigenvalue weighted by Gasteiger charge is -2.13. The maximum Gasteiger partial charge on any atom is 0.316 e. The minimum atomic E-state index is -3.55. The van der Waals surface area contributed by atoms with E-state index in [-0.39, 0.29) is 11.8 Å². The van der Waals surface area contributed by atoms with Crippen LogP contribution in [-0.2, 0) is 15.8 Å². The Hall–Kier alpha value is -2.15. The van der Waals surface area contributed by atoms with Crippen LogP contribution in [-0.4, -0.2) is 25.0 Å². The first-order chi connectivity index (χ1) is 10.8. The molecule has 0 amide bonds. The largest absolute Gasteiger partial charge is 0.464 e. The van der Waals surface area contributed by atoms with Gasteiger partial charge in [-0.3, -0.25) is 4.72 Å². The smallest absolute Gasteiger partial charge is 0.316 e. The van der Waals surface area contributed by atoms with Gasteiger partial charge in [0.2, 0.25) is 10.0 Å². The molecule has 0 aliphatic rings. The van der Waals surface area contributed by atoms with E-state index in [1.807, 2.05) is 32.0 Å². The summed E-state index contributed by atoms with van der Waals surface area (Å²) in [7, 11) is -3.55. The lowest BCUT2D eigenvalue weighted by Crippen LogP contribution is -2.18. The van der Waals surface area contributed by atoms with Gasteiger partial charge in [-0.15, -0.1) is 0 Å². The highest BCUT2D eigenvalue weighted by Crippen LogP contribution is 2.22. The van der Waals surface area contributed by atoms with Crippen LogP contribution >= 0.6 is 0 Å². The van der Waals surface area contributed by atoms with Crippen molar-refractivity contribution in [1.82, 2.24) is 9.97 Å². The molecule has 0 radical (unpaired) electrons. The van der Waals surface area contributed by atoms with E-state index in [0.29, 0.717) is 23.7 Å². The van der Waals surface area contributed by atoms with Crippen molar-refractivity contribution in [3.8, 4) is 6.01 Å². The first kappa shape index (κ1) is 17.2. The van der Waals surface area contributed by atoms with Gasteiger partial charge in [-0.25, -0.2) is 8.42 Å². The molecule has 7 heteroatoms. The summed E-state index contributed by atoms with van der Waals surface area (Å²) in [4.78, 5) is 8.34. The highest BCUT2D eigenvalue weighted by Gasteiger charge is 2.17. The molecule has 1 aromatic heterocycles. The second-order valence-corrected chi connectivity index (χ2v) is 7.06. The molecule has 124 valence electrons. The molecule has 1 aromatic carbocycles. The van der Waals surface area contributed by atoms with Crippen LogP contribution in [0.4, 0.5) is 5.69 Å². The predicted molar refractivity (Wildman–Crippen MR) is 90.1 cm³/mol. The van der Waals surface area contributed by atoms with Crippen LogP contribution in [0.15, 0.2) is 24.3 Å². The number of hydrogen-bond acceptors (Lipinski definition) is 5. The van der Waals surface area contributed by atoms with E-state index in [9.17, 15) is 8.42 Å². The maximum atomic E-state index is 12.4. The third-order valence-corrected chi connectivity index (χ3v) is 4.45. The molecule has 0 saturated carbocycles. The van der Waals surface area contributed by atoms with E-state index in [1.165, 1.54) is 0 Å². The van der Waals surface area contributed by atoms with Gasteiger partial charge in [-0.05, 0) is 33.3 Å². The molecule has 0 fully saturated rings. The number of aromatic nitrogens is 2. The molecule has 23 heavy (non-hydrogen) atoms. The molecular weight excluding hydrogens is 314 g/mol. The van der Waals surface area contributed by atoms with Crippen molar-refractivity contribution in [1.29, 1.82) is 0 Å². The summed E-state index contributed by atoms with van der Waals surface area (Å²) in [5.74, 6) is -0.0965. The fraction of sp³-hybridized carbons (Fsp3) is 0.375. The topological polar surface area (TPSA) is 81.2 Å². The van der Waals surface area contributed by atoms with Gasteiger partial charge >= 0.3 is 6.01 Å². The number of nitrogens with zero attached hydrogens (tertiary/aromatic N) is 2. The molecule has 0 saturated heterocycles. The zero-order valence-corrected chi connectivity index (χ0v) is 14.6. The zero-order valence-electron chi connectivity index (χ0n) is 13.8. The Balaban J connectivity index is 2.23. The summed E-state index contributed by atoms with van der Waals surface area (Å²) in [5, 5.41) is 0. The Bertz CT molecular complexity index is 781. The van der Waals surface area contributed by atoms with Gasteiger partial charge in [-0.2, -0.15) is 9.97 Å². The summed E-state index contributed by atoms with van der Waals surface area (Å²) in [6.07, 6.45) is 0. The molecule has 0 atom stereocenters. The van der Waals surface area contributed by atoms with Crippen molar-refractivity contribution < 1.29 is 13.2 Å². The number of sulfonamides is 1. The molecule has 0 bridgehead atoms. The molecule has 0 spiro atoms. The van der Waals surface area contributed by atoms with Gasteiger partial charge in [0.15, 0.2) is 0 Å². The molecule has 0 unspecified atom stereocenters. The van der Waals surface area contributed by atoms with Crippen molar-refractivity contribution in [3.05, 3.63) is 46.8 Å². The van der Waals surface area contributed by atoms with Crippen molar-refractivity contribution in [3.63, 3.8) is 0 Å². The predicted octanol–water partition coefficient (Wildman–Crippen LogP) is 2.74. The highest BCUT2D eigenvalue weighted by atomic mass is 32.2. The Kier molecular flexibility index (Phi) is 5.20. The lowest BCUT2D eigenvalue weighted by molar-refractivity contribution is 0.311. The number of ether oxygens (including phenoxy) is 1. The van der Waals surface area contributed by atoms with E-state index in [2.05, 4.69) is 14.7 Å². The fourth-order valence-corrected chi connectivity index (χ4v) is 3.54. The summed E-state index contributed by atoms with van der Waals surface area (Å²) >= 11 is 0. The number of benzene rings is 1. The van der Waals surface area contributed by atoms with Gasteiger partial charge in [0.1, 0.15) is 0 Å². The average molecular weight is 335 g/mol. The quantitative estimate of drug-likeness (QED) is 0.878. The fourth-order valence-electron chi connectivity index (χ4n) is 2.24.